The van der Waals surface area contributed by atoms with Gasteiger partial charge in [-0.2, -0.15) is 0 Å². The van der Waals surface area contributed by atoms with E-state index in [0.29, 0.717) is 11.6 Å². The van der Waals surface area contributed by atoms with E-state index in [1.165, 1.54) is 12.1 Å². The van der Waals surface area contributed by atoms with Crippen LogP contribution in [-0.4, -0.2) is 25.9 Å². The minimum absolute atomic E-state index is 0.00766. The maximum Gasteiger partial charge on any atom is 0.240 e. The maximum atomic E-state index is 12.0. The van der Waals surface area contributed by atoms with Gasteiger partial charge in [-0.05, 0) is 29.8 Å². The number of sulfonamides is 1. The summed E-state index contributed by atoms with van der Waals surface area (Å²) in [6.07, 6.45) is 3.35. The number of rotatable bonds is 7. The molecule has 23 heavy (non-hydrogen) atoms. The van der Waals surface area contributed by atoms with Crippen molar-refractivity contribution >= 4 is 27.5 Å². The molecule has 1 amide bonds. The second-order valence-corrected chi connectivity index (χ2v) is 6.95. The summed E-state index contributed by atoms with van der Waals surface area (Å²) in [5.41, 5.74) is 0.875. The number of hydrogen-bond acceptors (Lipinski definition) is 4. The lowest BCUT2D eigenvalue weighted by Crippen LogP contribution is -2.30. The summed E-state index contributed by atoms with van der Waals surface area (Å²) in [4.78, 5) is 15.7. The second-order valence-electron chi connectivity index (χ2n) is 4.74. The number of hydrogen-bond donors (Lipinski definition) is 2. The number of carbonyl (C=O) groups excluding carboxylic acids is 1. The molecule has 1 heterocycles. The molecule has 2 rings (SSSR count). The lowest BCUT2D eigenvalue weighted by atomic mass is 10.3. The number of pyridine rings is 1. The van der Waals surface area contributed by atoms with Gasteiger partial charge in [-0.3, -0.25) is 9.78 Å². The van der Waals surface area contributed by atoms with Crippen LogP contribution < -0.4 is 10.0 Å². The van der Waals surface area contributed by atoms with Gasteiger partial charge in [0.05, 0.1) is 4.90 Å². The Balaban J connectivity index is 1.79. The molecule has 0 spiro atoms. The Bertz CT molecular complexity index is 767. The average molecular weight is 354 g/mol. The molecular formula is C15H16ClN3O3S. The highest BCUT2D eigenvalue weighted by Gasteiger charge is 2.14. The second kappa shape index (κ2) is 8.05. The third-order valence-corrected chi connectivity index (χ3v) is 4.66. The Morgan fingerprint density at radius 2 is 2.04 bits per heavy atom. The predicted molar refractivity (Wildman–Crippen MR) is 87.3 cm³/mol. The van der Waals surface area contributed by atoms with Gasteiger partial charge in [0.2, 0.25) is 15.9 Å². The van der Waals surface area contributed by atoms with Crippen molar-refractivity contribution in [1.29, 1.82) is 0 Å². The zero-order chi connectivity index (χ0) is 16.7. The van der Waals surface area contributed by atoms with Gasteiger partial charge in [0.25, 0.3) is 0 Å². The first kappa shape index (κ1) is 17.4. The van der Waals surface area contributed by atoms with E-state index >= 15 is 0 Å². The molecule has 0 aliphatic rings. The Morgan fingerprint density at radius 3 is 2.74 bits per heavy atom. The highest BCUT2D eigenvalue weighted by Crippen LogP contribution is 2.14. The van der Waals surface area contributed by atoms with Crippen LogP contribution in [0.1, 0.15) is 12.0 Å². The van der Waals surface area contributed by atoms with Crippen molar-refractivity contribution in [3.63, 3.8) is 0 Å². The van der Waals surface area contributed by atoms with Gasteiger partial charge in [0.1, 0.15) is 0 Å². The monoisotopic (exact) mass is 353 g/mol. The van der Waals surface area contributed by atoms with Gasteiger partial charge in [0.15, 0.2) is 0 Å². The third kappa shape index (κ3) is 5.63. The summed E-state index contributed by atoms with van der Waals surface area (Å²) in [7, 11) is -3.67. The molecule has 0 saturated carbocycles. The van der Waals surface area contributed by atoms with Gasteiger partial charge in [-0.1, -0.05) is 23.7 Å². The van der Waals surface area contributed by atoms with Crippen LogP contribution >= 0.6 is 11.6 Å². The lowest BCUT2D eigenvalue weighted by Gasteiger charge is -2.08. The van der Waals surface area contributed by atoms with Crippen molar-refractivity contribution in [1.82, 2.24) is 15.0 Å². The van der Waals surface area contributed by atoms with E-state index in [1.807, 2.05) is 6.07 Å². The number of halogens is 1. The van der Waals surface area contributed by atoms with Crippen molar-refractivity contribution < 1.29 is 13.2 Å². The van der Waals surface area contributed by atoms with Crippen LogP contribution in [0.3, 0.4) is 0 Å². The zero-order valence-electron chi connectivity index (χ0n) is 12.2. The number of carbonyl (C=O) groups is 1. The Hall–Kier alpha value is -1.96. The molecule has 6 nitrogen and oxygen atoms in total. The normalized spacial score (nSPS) is 11.2. The highest BCUT2D eigenvalue weighted by molar-refractivity contribution is 7.89. The number of nitrogens with zero attached hydrogens (tertiary/aromatic N) is 1. The molecule has 0 fully saturated rings. The van der Waals surface area contributed by atoms with E-state index < -0.39 is 10.0 Å². The molecule has 0 aliphatic heterocycles. The van der Waals surface area contributed by atoms with E-state index in [-0.39, 0.29) is 23.8 Å². The van der Waals surface area contributed by atoms with Crippen LogP contribution in [0.5, 0.6) is 0 Å². The van der Waals surface area contributed by atoms with Gasteiger partial charge >= 0.3 is 0 Å². The van der Waals surface area contributed by atoms with Crippen molar-refractivity contribution in [2.24, 2.45) is 0 Å². The van der Waals surface area contributed by atoms with E-state index in [4.69, 9.17) is 11.6 Å². The van der Waals surface area contributed by atoms with Crippen LogP contribution in [0.25, 0.3) is 0 Å². The quantitative estimate of drug-likeness (QED) is 0.793. The third-order valence-electron chi connectivity index (χ3n) is 2.96. The fourth-order valence-corrected chi connectivity index (χ4v) is 3.14. The summed E-state index contributed by atoms with van der Waals surface area (Å²) >= 11 is 5.77. The van der Waals surface area contributed by atoms with Gasteiger partial charge < -0.3 is 5.32 Å². The van der Waals surface area contributed by atoms with Gasteiger partial charge in [0, 0.05) is 36.9 Å². The fourth-order valence-electron chi connectivity index (χ4n) is 1.81. The zero-order valence-corrected chi connectivity index (χ0v) is 13.8. The number of nitrogens with one attached hydrogen (secondary N) is 2. The summed E-state index contributed by atoms with van der Waals surface area (Å²) in [5, 5.41) is 3.03. The van der Waals surface area contributed by atoms with E-state index in [0.717, 1.165) is 5.56 Å². The minimum Gasteiger partial charge on any atom is -0.352 e. The molecule has 8 heteroatoms. The molecule has 2 N–H and O–H groups in total. The summed E-state index contributed by atoms with van der Waals surface area (Å²) in [6, 6.07) is 9.56. The van der Waals surface area contributed by atoms with Crippen LogP contribution in [0.15, 0.2) is 53.7 Å². The molecule has 122 valence electrons. The Morgan fingerprint density at radius 1 is 1.22 bits per heavy atom. The standard InChI is InChI=1S/C15H16ClN3O3S/c16-13-4-1-5-14(9-13)23(21,22)19-8-6-15(20)18-11-12-3-2-7-17-10-12/h1-5,7,9-10,19H,6,8,11H2,(H,18,20). The topological polar surface area (TPSA) is 88.2 Å². The molecular weight excluding hydrogens is 338 g/mol. The maximum absolute atomic E-state index is 12.0. The SMILES string of the molecule is O=C(CCNS(=O)(=O)c1cccc(Cl)c1)NCc1cccnc1. The number of amides is 1. The molecule has 0 unspecified atom stereocenters. The van der Waals surface area contributed by atoms with Crippen LogP contribution in [0.2, 0.25) is 5.02 Å². The molecule has 0 saturated heterocycles. The van der Waals surface area contributed by atoms with Crippen molar-refractivity contribution in [3.05, 3.63) is 59.4 Å². The summed E-state index contributed by atoms with van der Waals surface area (Å²) < 4.78 is 26.4. The molecule has 0 radical (unpaired) electrons. The summed E-state index contributed by atoms with van der Waals surface area (Å²) in [6.45, 7) is 0.363. The van der Waals surface area contributed by atoms with Crippen molar-refractivity contribution in [3.8, 4) is 0 Å². The average Bonchev–Trinajstić information content (AvgIpc) is 2.54. The van der Waals surface area contributed by atoms with E-state index in [1.54, 1.807) is 30.6 Å². The first-order chi connectivity index (χ1) is 11.0. The van der Waals surface area contributed by atoms with Crippen LogP contribution in [0.4, 0.5) is 0 Å². The molecule has 0 aliphatic carbocycles. The summed E-state index contributed by atoms with van der Waals surface area (Å²) in [5.74, 6) is -0.248. The molecule has 1 aromatic carbocycles. The molecule has 0 atom stereocenters. The molecule has 0 bridgehead atoms. The minimum atomic E-state index is -3.67. The first-order valence-corrected chi connectivity index (χ1v) is 8.74. The van der Waals surface area contributed by atoms with Crippen LogP contribution in [0, 0.1) is 0 Å². The Kier molecular flexibility index (Phi) is 6.09. The number of benzene rings is 1. The van der Waals surface area contributed by atoms with E-state index in [2.05, 4.69) is 15.0 Å². The molecule has 2 aromatic rings. The van der Waals surface area contributed by atoms with Crippen molar-refractivity contribution in [2.75, 3.05) is 6.54 Å². The lowest BCUT2D eigenvalue weighted by molar-refractivity contribution is -0.121. The first-order valence-electron chi connectivity index (χ1n) is 6.88. The predicted octanol–water partition coefficient (Wildman–Crippen LogP) is 1.72. The smallest absolute Gasteiger partial charge is 0.240 e. The van der Waals surface area contributed by atoms with Crippen LogP contribution in [-0.2, 0) is 21.4 Å². The number of aromatic nitrogens is 1. The largest absolute Gasteiger partial charge is 0.352 e. The van der Waals surface area contributed by atoms with E-state index in [9.17, 15) is 13.2 Å². The van der Waals surface area contributed by atoms with Gasteiger partial charge in [-0.25, -0.2) is 13.1 Å². The molecule has 1 aromatic heterocycles. The van der Waals surface area contributed by atoms with Crippen molar-refractivity contribution in [2.45, 2.75) is 17.9 Å². The Labute approximate surface area is 139 Å². The highest BCUT2D eigenvalue weighted by atomic mass is 35.5. The van der Waals surface area contributed by atoms with Gasteiger partial charge in [-0.15, -0.1) is 0 Å². The fraction of sp³-hybridized carbons (Fsp3) is 0.200.